The predicted molar refractivity (Wildman–Crippen MR) is 141 cm³/mol. The number of nitrogens with zero attached hydrogens (tertiary/aromatic N) is 1. The predicted octanol–water partition coefficient (Wildman–Crippen LogP) is 6.86. The first-order valence-corrected chi connectivity index (χ1v) is 14.4. The molecule has 0 bridgehead atoms. The number of hydrogen-bond donors (Lipinski definition) is 1. The average Bonchev–Trinajstić information content (AvgIpc) is 2.85. The normalized spacial score (nSPS) is 18.7. The quantitative estimate of drug-likeness (QED) is 0.0617. The van der Waals surface area contributed by atoms with E-state index >= 15 is 0 Å². The molecule has 0 aliphatic carbocycles. The zero-order valence-electron chi connectivity index (χ0n) is 19.9. The molecule has 2 aromatic rings. The van der Waals surface area contributed by atoms with Gasteiger partial charge >= 0.3 is 21.8 Å². The summed E-state index contributed by atoms with van der Waals surface area (Å²) in [5.41, 5.74) is -7.17. The van der Waals surface area contributed by atoms with Crippen LogP contribution in [-0.4, -0.2) is 41.4 Å². The lowest BCUT2D eigenvalue weighted by atomic mass is 9.90. The van der Waals surface area contributed by atoms with Gasteiger partial charge in [-0.25, -0.2) is 0 Å². The summed E-state index contributed by atoms with van der Waals surface area (Å²) in [6.07, 6.45) is -1.15. The molecule has 1 heterocycles. The van der Waals surface area contributed by atoms with Gasteiger partial charge in [0, 0.05) is 6.04 Å². The number of alkyl halides is 7. The van der Waals surface area contributed by atoms with Gasteiger partial charge in [-0.3, -0.25) is 9.69 Å². The van der Waals surface area contributed by atoms with Crippen molar-refractivity contribution in [2.45, 2.75) is 47.1 Å². The molecule has 1 aliphatic heterocycles. The molecule has 6 nitrogen and oxygen atoms in total. The molecule has 1 amide bonds. The number of rotatable bonds is 8. The number of amides is 1. The van der Waals surface area contributed by atoms with Gasteiger partial charge in [-0.2, -0.15) is 34.8 Å². The molecule has 39 heavy (non-hydrogen) atoms. The van der Waals surface area contributed by atoms with E-state index in [1.165, 1.54) is 12.1 Å². The van der Waals surface area contributed by atoms with Crippen LogP contribution in [0.4, 0.5) is 26.3 Å². The molecule has 214 valence electrons. The topological polar surface area (TPSA) is 75.7 Å². The largest absolute Gasteiger partial charge is 0.534 e. The summed E-state index contributed by atoms with van der Waals surface area (Å²) in [6.45, 7) is 4.35. The Kier molecular flexibility index (Phi) is 9.87. The maximum atomic E-state index is 13.4. The molecule has 15 heteroatoms. The standard InChI is InChI=1S/C24H22ClF6IN2O4S/c1-2-19(32)34-12-4-3-11-18(34)21(14-7-5-8-15(13-14)38-39(36,37)24(29,30)31)33-22(35)16-9-6-10-17(20(16)25)23(26,27)28/h2,5-10,13,18-19,21H,1,3-4,11-12H2,(H,33,35)/t18-,19?,21-/m0/s1. The fraction of sp³-hybridized carbons (Fsp3) is 0.375. The molecular formula is C24H22ClF6IN2O4S. The first-order chi connectivity index (χ1) is 18.1. The summed E-state index contributed by atoms with van der Waals surface area (Å²) < 4.78 is 106. The van der Waals surface area contributed by atoms with Crippen LogP contribution in [0.1, 0.15) is 46.8 Å². The number of nitrogens with one attached hydrogen (secondary N) is 1. The van der Waals surface area contributed by atoms with Crippen LogP contribution >= 0.6 is 34.2 Å². The summed E-state index contributed by atoms with van der Waals surface area (Å²) >= 11 is 8.06. The van der Waals surface area contributed by atoms with E-state index in [4.69, 9.17) is 11.6 Å². The lowest BCUT2D eigenvalue weighted by molar-refractivity contribution is -0.137. The maximum Gasteiger partial charge on any atom is 0.534 e. The van der Waals surface area contributed by atoms with Crippen LogP contribution in [0.2, 0.25) is 5.02 Å². The lowest BCUT2D eigenvalue weighted by Gasteiger charge is -2.42. The molecule has 0 saturated carbocycles. The van der Waals surface area contributed by atoms with Crippen LogP contribution < -0.4 is 9.50 Å². The van der Waals surface area contributed by atoms with Gasteiger partial charge in [0.1, 0.15) is 5.75 Å². The molecule has 1 saturated heterocycles. The SMILES string of the molecule is C=CC(I)N1CCCC[C@H]1[C@@H](NC(=O)c1cccc(C(F)(F)F)c1Cl)c1cccc(OS(=O)(=O)C(F)(F)F)c1. The number of likely N-dealkylation sites (tertiary alicyclic amines) is 1. The minimum Gasteiger partial charge on any atom is -0.376 e. The molecule has 0 spiro atoms. The minimum atomic E-state index is -5.97. The highest BCUT2D eigenvalue weighted by Gasteiger charge is 2.48. The van der Waals surface area contributed by atoms with Crippen molar-refractivity contribution >= 4 is 50.2 Å². The first kappa shape index (κ1) is 31.5. The zero-order chi connectivity index (χ0) is 29.2. The van der Waals surface area contributed by atoms with E-state index in [1.807, 2.05) is 4.90 Å². The van der Waals surface area contributed by atoms with Crippen LogP contribution in [0.15, 0.2) is 55.1 Å². The van der Waals surface area contributed by atoms with Gasteiger partial charge in [-0.1, -0.05) is 64.9 Å². The number of benzene rings is 2. The second-order valence-corrected chi connectivity index (χ2v) is 11.8. The van der Waals surface area contributed by atoms with Crippen LogP contribution in [0.25, 0.3) is 0 Å². The monoisotopic (exact) mass is 710 g/mol. The van der Waals surface area contributed by atoms with Crippen molar-refractivity contribution in [2.24, 2.45) is 0 Å². The number of carbonyl (C=O) groups excluding carboxylic acids is 1. The van der Waals surface area contributed by atoms with Gasteiger partial charge in [0.15, 0.2) is 0 Å². The molecule has 2 aromatic carbocycles. The fourth-order valence-corrected chi connectivity index (χ4v) is 5.72. The van der Waals surface area contributed by atoms with Crippen molar-refractivity contribution in [3.05, 3.63) is 76.8 Å². The van der Waals surface area contributed by atoms with Gasteiger partial charge in [0.05, 0.1) is 26.2 Å². The molecule has 1 fully saturated rings. The van der Waals surface area contributed by atoms with E-state index in [9.17, 15) is 39.6 Å². The molecular weight excluding hydrogens is 689 g/mol. The summed E-state index contributed by atoms with van der Waals surface area (Å²) in [5, 5.41) is 1.86. The molecule has 3 rings (SSSR count). The number of carbonyl (C=O) groups is 1. The second-order valence-electron chi connectivity index (χ2n) is 8.58. The third-order valence-electron chi connectivity index (χ3n) is 6.03. The Balaban J connectivity index is 2.07. The van der Waals surface area contributed by atoms with Gasteiger partial charge in [-0.15, -0.1) is 6.58 Å². The Morgan fingerprint density at radius 3 is 2.44 bits per heavy atom. The highest BCUT2D eigenvalue weighted by molar-refractivity contribution is 14.1. The van der Waals surface area contributed by atoms with E-state index in [0.29, 0.717) is 13.0 Å². The van der Waals surface area contributed by atoms with Crippen molar-refractivity contribution in [1.29, 1.82) is 0 Å². The van der Waals surface area contributed by atoms with Crippen molar-refractivity contribution < 1.29 is 43.7 Å². The van der Waals surface area contributed by atoms with E-state index < -0.39 is 61.7 Å². The summed E-state index contributed by atoms with van der Waals surface area (Å²) in [6, 6.07) is 6.10. The maximum absolute atomic E-state index is 13.4. The van der Waals surface area contributed by atoms with Gasteiger partial charge in [0.25, 0.3) is 5.91 Å². The van der Waals surface area contributed by atoms with E-state index in [-0.39, 0.29) is 9.61 Å². The Labute approximate surface area is 239 Å². The van der Waals surface area contributed by atoms with Gasteiger partial charge in [0.2, 0.25) is 0 Å². The molecule has 0 aromatic heterocycles. The summed E-state index contributed by atoms with van der Waals surface area (Å²) in [7, 11) is -5.97. The Bertz CT molecular complexity index is 1320. The van der Waals surface area contributed by atoms with Crippen LogP contribution in [0.5, 0.6) is 5.75 Å². The molecule has 3 atom stereocenters. The molecule has 0 radical (unpaired) electrons. The van der Waals surface area contributed by atoms with Crippen LogP contribution in [0, 0.1) is 0 Å². The molecule has 1 N–H and O–H groups in total. The molecule has 1 aliphatic rings. The Morgan fingerprint density at radius 2 is 1.82 bits per heavy atom. The first-order valence-electron chi connectivity index (χ1n) is 11.4. The highest BCUT2D eigenvalue weighted by atomic mass is 127. The highest BCUT2D eigenvalue weighted by Crippen LogP contribution is 2.38. The van der Waals surface area contributed by atoms with Crippen molar-refractivity contribution in [3.8, 4) is 5.75 Å². The fourth-order valence-electron chi connectivity index (χ4n) is 4.26. The van der Waals surface area contributed by atoms with Crippen molar-refractivity contribution in [2.75, 3.05) is 6.54 Å². The average molecular weight is 711 g/mol. The van der Waals surface area contributed by atoms with E-state index in [2.05, 4.69) is 38.7 Å². The smallest absolute Gasteiger partial charge is 0.376 e. The van der Waals surface area contributed by atoms with Crippen molar-refractivity contribution in [3.63, 3.8) is 0 Å². The minimum absolute atomic E-state index is 0.172. The Morgan fingerprint density at radius 1 is 1.15 bits per heavy atom. The van der Waals surface area contributed by atoms with Crippen molar-refractivity contribution in [1.82, 2.24) is 10.2 Å². The number of hydrogen-bond acceptors (Lipinski definition) is 5. The van der Waals surface area contributed by atoms with Gasteiger partial charge in [-0.05, 0) is 49.2 Å². The Hall–Kier alpha value is -2.04. The second kappa shape index (κ2) is 12.2. The van der Waals surface area contributed by atoms with E-state index in [0.717, 1.165) is 43.2 Å². The summed E-state index contributed by atoms with van der Waals surface area (Å²) in [4.78, 5) is 15.3. The van der Waals surface area contributed by atoms with Gasteiger partial charge < -0.3 is 9.50 Å². The third kappa shape index (κ3) is 7.38. The van der Waals surface area contributed by atoms with E-state index in [1.54, 1.807) is 6.08 Å². The summed E-state index contributed by atoms with van der Waals surface area (Å²) in [5.74, 6) is -1.61. The number of halogens is 8. The zero-order valence-corrected chi connectivity index (χ0v) is 23.6. The third-order valence-corrected chi connectivity index (χ3v) is 8.64. The van der Waals surface area contributed by atoms with Crippen LogP contribution in [0.3, 0.4) is 0 Å². The lowest BCUT2D eigenvalue weighted by Crippen LogP contribution is -2.50. The van der Waals surface area contributed by atoms with Crippen LogP contribution in [-0.2, 0) is 16.3 Å². The number of piperidine rings is 1. The molecule has 1 unspecified atom stereocenters.